The maximum absolute atomic E-state index is 12.8. The van der Waals surface area contributed by atoms with Crippen molar-refractivity contribution in [3.63, 3.8) is 0 Å². The predicted molar refractivity (Wildman–Crippen MR) is 136 cm³/mol. The van der Waals surface area contributed by atoms with Crippen LogP contribution in [0, 0.1) is 56.7 Å². The molecule has 5 saturated carbocycles. The summed E-state index contributed by atoms with van der Waals surface area (Å²) < 4.78 is 0. The molecular weight excluding hydrogens is 422 g/mol. The first-order valence-corrected chi connectivity index (χ1v) is 13.9. The van der Waals surface area contributed by atoms with Crippen LogP contribution in [0.2, 0.25) is 0 Å². The van der Waals surface area contributed by atoms with Gasteiger partial charge in [0.05, 0.1) is 11.1 Å². The van der Waals surface area contributed by atoms with Gasteiger partial charge in [0.1, 0.15) is 0 Å². The second-order valence-corrected chi connectivity index (χ2v) is 14.4. The molecule has 4 nitrogen and oxygen atoms in total. The van der Waals surface area contributed by atoms with E-state index in [1.54, 1.807) is 0 Å². The lowest BCUT2D eigenvalue weighted by Crippen LogP contribution is -2.66. The highest BCUT2D eigenvalue weighted by molar-refractivity contribution is 5.90. The van der Waals surface area contributed by atoms with Gasteiger partial charge in [0.25, 0.3) is 0 Å². The smallest absolute Gasteiger partial charge is 0.309 e. The predicted octanol–water partition coefficient (Wildman–Crippen LogP) is 7.56. The molecule has 5 fully saturated rings. The normalized spacial score (nSPS) is 52.8. The van der Waals surface area contributed by atoms with E-state index in [2.05, 4.69) is 53.3 Å². The van der Waals surface area contributed by atoms with Crippen molar-refractivity contribution in [3.8, 4) is 0 Å². The van der Waals surface area contributed by atoms with Gasteiger partial charge in [-0.2, -0.15) is 0 Å². The third kappa shape index (κ3) is 2.72. The van der Waals surface area contributed by atoms with Gasteiger partial charge in [0.2, 0.25) is 0 Å². The van der Waals surface area contributed by atoms with E-state index in [0.717, 1.165) is 50.7 Å². The van der Waals surface area contributed by atoms with E-state index in [1.807, 2.05) is 0 Å². The number of hydrogen-bond donors (Lipinski definition) is 2. The van der Waals surface area contributed by atoms with Crippen LogP contribution in [-0.2, 0) is 4.79 Å². The molecule has 0 aromatic heterocycles. The van der Waals surface area contributed by atoms with Crippen molar-refractivity contribution < 1.29 is 15.1 Å². The monoisotopic (exact) mass is 469 g/mol. The Bertz CT molecular complexity index is 937. The molecule has 9 atom stereocenters. The zero-order valence-electron chi connectivity index (χ0n) is 22.4. The summed E-state index contributed by atoms with van der Waals surface area (Å²) in [5.41, 5.74) is 2.20. The van der Waals surface area contributed by atoms with Crippen LogP contribution in [0.4, 0.5) is 0 Å². The molecule has 0 spiro atoms. The van der Waals surface area contributed by atoms with Crippen molar-refractivity contribution in [1.82, 2.24) is 0 Å². The summed E-state index contributed by atoms with van der Waals surface area (Å²) in [6, 6.07) is 0. The topological polar surface area (TPSA) is 69.9 Å². The van der Waals surface area contributed by atoms with Crippen LogP contribution in [0.25, 0.3) is 0 Å². The van der Waals surface area contributed by atoms with Gasteiger partial charge in [-0.15, -0.1) is 0 Å². The summed E-state index contributed by atoms with van der Waals surface area (Å²) in [7, 11) is 0. The van der Waals surface area contributed by atoms with E-state index >= 15 is 0 Å². The Morgan fingerprint density at radius 1 is 0.912 bits per heavy atom. The summed E-state index contributed by atoms with van der Waals surface area (Å²) in [5, 5.41) is 24.0. The molecule has 0 radical (unpaired) electrons. The van der Waals surface area contributed by atoms with Crippen molar-refractivity contribution >= 4 is 11.7 Å². The minimum atomic E-state index is -0.545. The Morgan fingerprint density at radius 2 is 1.62 bits per heavy atom. The highest BCUT2D eigenvalue weighted by atomic mass is 16.4. The second-order valence-electron chi connectivity index (χ2n) is 14.4. The van der Waals surface area contributed by atoms with Gasteiger partial charge in [-0.25, -0.2) is 0 Å². The van der Waals surface area contributed by atoms with E-state index in [-0.39, 0.29) is 27.6 Å². The van der Waals surface area contributed by atoms with Crippen LogP contribution in [0.15, 0.2) is 17.3 Å². The third-order valence-electron chi connectivity index (χ3n) is 13.4. The molecule has 34 heavy (non-hydrogen) atoms. The molecule has 0 aromatic carbocycles. The Morgan fingerprint density at radius 3 is 2.24 bits per heavy atom. The number of carboxylic acids is 1. The summed E-state index contributed by atoms with van der Waals surface area (Å²) in [5.74, 6) is 1.69. The van der Waals surface area contributed by atoms with E-state index in [1.165, 1.54) is 24.8 Å². The minimum absolute atomic E-state index is 0.0671. The van der Waals surface area contributed by atoms with Crippen LogP contribution < -0.4 is 0 Å². The van der Waals surface area contributed by atoms with Crippen molar-refractivity contribution in [3.05, 3.63) is 12.2 Å². The molecule has 0 saturated heterocycles. The Labute approximate surface area is 206 Å². The standard InChI is InChI=1S/C30H47NO3/c1-18(2)19-10-15-30(25(32)33)17-16-28(6)20(24(19)30)8-9-22-27(5)13-12-23(31-34)26(3,4)21(27)11-14-29(22,28)7/h19-22,24,34H,1,8-17H2,2-7H3,(H,32,33)/b31-23+/t19-,20+,21-,22+,24+,27-,28+,29+,30?/m0/s1. The van der Waals surface area contributed by atoms with Gasteiger partial charge < -0.3 is 10.3 Å². The number of carboxylic acid groups (broad SMARTS) is 1. The van der Waals surface area contributed by atoms with E-state index in [4.69, 9.17) is 0 Å². The van der Waals surface area contributed by atoms with E-state index < -0.39 is 11.4 Å². The van der Waals surface area contributed by atoms with Crippen molar-refractivity contribution in [2.45, 2.75) is 106 Å². The van der Waals surface area contributed by atoms with Gasteiger partial charge in [-0.05, 0) is 117 Å². The van der Waals surface area contributed by atoms with Crippen LogP contribution in [0.5, 0.6) is 0 Å². The van der Waals surface area contributed by atoms with Crippen LogP contribution >= 0.6 is 0 Å². The summed E-state index contributed by atoms with van der Waals surface area (Å²) in [6.45, 7) is 18.8. The number of hydrogen-bond acceptors (Lipinski definition) is 3. The van der Waals surface area contributed by atoms with Crippen LogP contribution in [0.3, 0.4) is 0 Å². The maximum atomic E-state index is 12.8. The van der Waals surface area contributed by atoms with Gasteiger partial charge >= 0.3 is 5.97 Å². The molecule has 2 N–H and O–H groups in total. The molecule has 0 aromatic rings. The number of rotatable bonds is 2. The molecule has 190 valence electrons. The Balaban J connectivity index is 1.56. The molecule has 0 aliphatic heterocycles. The summed E-state index contributed by atoms with van der Waals surface area (Å²) in [6.07, 6.45) is 10.5. The van der Waals surface area contributed by atoms with Gasteiger partial charge in [0, 0.05) is 5.41 Å². The van der Waals surface area contributed by atoms with Gasteiger partial charge in [0.15, 0.2) is 0 Å². The van der Waals surface area contributed by atoms with Crippen molar-refractivity contribution in [2.24, 2.45) is 61.8 Å². The first-order valence-electron chi connectivity index (χ1n) is 13.9. The number of nitrogens with zero attached hydrogens (tertiary/aromatic N) is 1. The molecule has 0 heterocycles. The quantitative estimate of drug-likeness (QED) is 0.249. The van der Waals surface area contributed by atoms with Gasteiger partial charge in [-0.1, -0.05) is 51.9 Å². The molecule has 0 amide bonds. The largest absolute Gasteiger partial charge is 0.481 e. The fourth-order valence-corrected chi connectivity index (χ4v) is 11.5. The average molecular weight is 470 g/mol. The lowest BCUT2D eigenvalue weighted by Gasteiger charge is -2.72. The lowest BCUT2D eigenvalue weighted by molar-refractivity contribution is -0.230. The number of carbonyl (C=O) groups is 1. The number of oxime groups is 1. The van der Waals surface area contributed by atoms with Gasteiger partial charge in [-0.3, -0.25) is 4.79 Å². The zero-order valence-corrected chi connectivity index (χ0v) is 22.4. The third-order valence-corrected chi connectivity index (χ3v) is 13.4. The number of allylic oxidation sites excluding steroid dienone is 1. The first kappa shape index (κ1) is 24.4. The van der Waals surface area contributed by atoms with E-state index in [9.17, 15) is 15.1 Å². The molecular formula is C30H47NO3. The SMILES string of the molecule is C=C(C)[C@@H]1CCC2(C(=O)O)CC[C@]3(C)[C@H](CC[C@@H]4[C@@]5(C)CC/C(=N\O)C(C)(C)[C@@H]5CC[C@]43C)[C@@H]12. The number of aliphatic carboxylic acids is 1. The van der Waals surface area contributed by atoms with Crippen molar-refractivity contribution in [1.29, 1.82) is 0 Å². The molecule has 1 unspecified atom stereocenters. The molecule has 5 rings (SSSR count). The molecule has 5 aliphatic carbocycles. The molecule has 5 aliphatic rings. The summed E-state index contributed by atoms with van der Waals surface area (Å²) >= 11 is 0. The fourth-order valence-electron chi connectivity index (χ4n) is 11.5. The zero-order chi connectivity index (χ0) is 24.9. The molecule has 4 heteroatoms. The highest BCUT2D eigenvalue weighted by Gasteiger charge is 2.71. The van der Waals surface area contributed by atoms with Crippen molar-refractivity contribution in [2.75, 3.05) is 0 Å². The maximum Gasteiger partial charge on any atom is 0.309 e. The van der Waals surface area contributed by atoms with E-state index in [0.29, 0.717) is 23.7 Å². The fraction of sp³-hybridized carbons (Fsp3) is 0.867. The minimum Gasteiger partial charge on any atom is -0.481 e. The summed E-state index contributed by atoms with van der Waals surface area (Å²) in [4.78, 5) is 12.8. The Hall–Kier alpha value is -1.32. The van der Waals surface area contributed by atoms with Crippen LogP contribution in [-0.4, -0.2) is 22.0 Å². The molecule has 0 bridgehead atoms. The highest BCUT2D eigenvalue weighted by Crippen LogP contribution is 2.77. The second kappa shape index (κ2) is 7.35. The average Bonchev–Trinajstić information content (AvgIpc) is 3.15. The number of fused-ring (bicyclic) bond motifs is 7. The first-order chi connectivity index (χ1) is 15.8. The van der Waals surface area contributed by atoms with Crippen LogP contribution in [0.1, 0.15) is 106 Å². The Kier molecular flexibility index (Phi) is 5.27. The lowest BCUT2D eigenvalue weighted by atomic mass is 9.32.